The molecule has 0 aliphatic carbocycles. The fourth-order valence-corrected chi connectivity index (χ4v) is 2.02. The Morgan fingerprint density at radius 3 is 2.73 bits per heavy atom. The molecular formula is C12H13ClO2. The lowest BCUT2D eigenvalue weighted by atomic mass is 10.0. The highest BCUT2D eigenvalue weighted by molar-refractivity contribution is 6.49. The van der Waals surface area contributed by atoms with Crippen LogP contribution in [-0.2, 0) is 0 Å². The predicted octanol–water partition coefficient (Wildman–Crippen LogP) is 3.45. The van der Waals surface area contributed by atoms with Crippen LogP contribution in [0.2, 0.25) is 0 Å². The molecule has 0 radical (unpaired) electrons. The van der Waals surface area contributed by atoms with Crippen molar-refractivity contribution in [2.75, 3.05) is 7.11 Å². The zero-order valence-corrected chi connectivity index (χ0v) is 9.76. The number of benzene rings is 1. The van der Waals surface area contributed by atoms with Crippen molar-refractivity contribution in [1.82, 2.24) is 0 Å². The van der Waals surface area contributed by atoms with Gasteiger partial charge < -0.3 is 9.47 Å². The Bertz CT molecular complexity index is 422. The van der Waals surface area contributed by atoms with Crippen LogP contribution in [0.1, 0.15) is 19.4 Å². The summed E-state index contributed by atoms with van der Waals surface area (Å²) in [5.41, 5.74) is 0.536. The van der Waals surface area contributed by atoms with Gasteiger partial charge in [-0.15, -0.1) is 0 Å². The van der Waals surface area contributed by atoms with E-state index in [0.717, 1.165) is 17.1 Å². The van der Waals surface area contributed by atoms with Gasteiger partial charge in [0.15, 0.2) is 0 Å². The quantitative estimate of drug-likeness (QED) is 0.728. The molecule has 1 aromatic rings. The minimum Gasteiger partial charge on any atom is -0.497 e. The summed E-state index contributed by atoms with van der Waals surface area (Å²) in [5.74, 6) is 1.58. The zero-order valence-electron chi connectivity index (χ0n) is 9.00. The van der Waals surface area contributed by atoms with E-state index < -0.39 is 0 Å². The first kappa shape index (κ1) is 10.4. The van der Waals surface area contributed by atoms with Crippen LogP contribution < -0.4 is 9.47 Å². The molecular weight excluding hydrogens is 212 g/mol. The van der Waals surface area contributed by atoms with Crippen LogP contribution >= 0.6 is 11.6 Å². The zero-order chi connectivity index (χ0) is 11.1. The van der Waals surface area contributed by atoms with Crippen LogP contribution in [0, 0.1) is 0 Å². The molecule has 1 aliphatic heterocycles. The summed E-state index contributed by atoms with van der Waals surface area (Å²) >= 11 is 6.19. The van der Waals surface area contributed by atoms with Gasteiger partial charge in [0.25, 0.3) is 0 Å². The summed E-state index contributed by atoms with van der Waals surface area (Å²) in [5, 5.41) is 0.708. The molecule has 15 heavy (non-hydrogen) atoms. The average Bonchev–Trinajstić information content (AvgIpc) is 2.15. The van der Waals surface area contributed by atoms with Crippen molar-refractivity contribution in [3.63, 3.8) is 0 Å². The molecule has 0 amide bonds. The van der Waals surface area contributed by atoms with Crippen molar-refractivity contribution < 1.29 is 9.47 Å². The first-order valence-corrected chi connectivity index (χ1v) is 5.15. The van der Waals surface area contributed by atoms with E-state index in [0.29, 0.717) is 5.03 Å². The summed E-state index contributed by atoms with van der Waals surface area (Å²) in [6.45, 7) is 3.95. The van der Waals surface area contributed by atoms with Crippen molar-refractivity contribution in [2.45, 2.75) is 19.4 Å². The van der Waals surface area contributed by atoms with Gasteiger partial charge in [-0.3, -0.25) is 0 Å². The fourth-order valence-electron chi connectivity index (χ4n) is 1.61. The van der Waals surface area contributed by atoms with E-state index in [1.807, 2.05) is 38.1 Å². The highest BCUT2D eigenvalue weighted by Gasteiger charge is 2.25. The smallest absolute Gasteiger partial charge is 0.129 e. The third-order valence-electron chi connectivity index (χ3n) is 2.29. The number of ether oxygens (including phenoxy) is 2. The molecule has 0 saturated heterocycles. The van der Waals surface area contributed by atoms with Crippen LogP contribution in [0.25, 0.3) is 5.03 Å². The van der Waals surface area contributed by atoms with Crippen molar-refractivity contribution in [3.8, 4) is 11.5 Å². The van der Waals surface area contributed by atoms with Crippen molar-refractivity contribution in [2.24, 2.45) is 0 Å². The topological polar surface area (TPSA) is 18.5 Å². The molecule has 0 N–H and O–H groups in total. The first-order valence-electron chi connectivity index (χ1n) is 4.77. The standard InChI is InChI=1S/C12H13ClO2/c1-12(2)7-10(13)9-6-8(14-3)4-5-11(9)15-12/h4-7H,1-3H3. The van der Waals surface area contributed by atoms with Crippen LogP contribution in [0.5, 0.6) is 11.5 Å². The molecule has 0 atom stereocenters. The predicted molar refractivity (Wildman–Crippen MR) is 61.5 cm³/mol. The Morgan fingerprint density at radius 1 is 1.33 bits per heavy atom. The molecule has 1 aliphatic rings. The van der Waals surface area contributed by atoms with E-state index >= 15 is 0 Å². The van der Waals surface area contributed by atoms with E-state index in [1.165, 1.54) is 0 Å². The third-order valence-corrected chi connectivity index (χ3v) is 2.60. The van der Waals surface area contributed by atoms with E-state index in [4.69, 9.17) is 21.1 Å². The molecule has 80 valence electrons. The number of halogens is 1. The van der Waals surface area contributed by atoms with Crippen molar-refractivity contribution in [3.05, 3.63) is 29.8 Å². The fraction of sp³-hybridized carbons (Fsp3) is 0.333. The van der Waals surface area contributed by atoms with Crippen molar-refractivity contribution >= 4 is 16.6 Å². The van der Waals surface area contributed by atoms with E-state index in [9.17, 15) is 0 Å². The molecule has 0 bridgehead atoms. The Labute approximate surface area is 94.5 Å². The SMILES string of the molecule is COc1ccc2c(c1)C(Cl)=CC(C)(C)O2. The minimum atomic E-state index is -0.349. The second-order valence-corrected chi connectivity index (χ2v) is 4.47. The molecule has 0 unspecified atom stereocenters. The van der Waals surface area contributed by atoms with Gasteiger partial charge in [-0.2, -0.15) is 0 Å². The second kappa shape index (κ2) is 3.46. The number of hydrogen-bond donors (Lipinski definition) is 0. The van der Waals surface area contributed by atoms with Gasteiger partial charge >= 0.3 is 0 Å². The van der Waals surface area contributed by atoms with Crippen LogP contribution in [0.3, 0.4) is 0 Å². The number of hydrogen-bond acceptors (Lipinski definition) is 2. The first-order chi connectivity index (χ1) is 7.02. The number of rotatable bonds is 1. The Hall–Kier alpha value is -1.15. The lowest BCUT2D eigenvalue weighted by Crippen LogP contribution is -2.28. The van der Waals surface area contributed by atoms with Gasteiger partial charge in [0, 0.05) is 5.56 Å². The summed E-state index contributed by atoms with van der Waals surface area (Å²) < 4.78 is 10.9. The summed E-state index contributed by atoms with van der Waals surface area (Å²) in [7, 11) is 1.63. The average molecular weight is 225 g/mol. The van der Waals surface area contributed by atoms with E-state index in [2.05, 4.69) is 0 Å². The molecule has 1 heterocycles. The molecule has 0 saturated carbocycles. The Balaban J connectivity index is 2.51. The number of fused-ring (bicyclic) bond motifs is 1. The monoisotopic (exact) mass is 224 g/mol. The molecule has 0 fully saturated rings. The number of methoxy groups -OCH3 is 1. The van der Waals surface area contributed by atoms with Gasteiger partial charge in [0.05, 0.1) is 12.1 Å². The molecule has 1 aromatic carbocycles. The van der Waals surface area contributed by atoms with Gasteiger partial charge in [-0.05, 0) is 38.1 Å². The largest absolute Gasteiger partial charge is 0.497 e. The maximum absolute atomic E-state index is 6.19. The lowest BCUT2D eigenvalue weighted by Gasteiger charge is -2.29. The van der Waals surface area contributed by atoms with Crippen LogP contribution in [-0.4, -0.2) is 12.7 Å². The highest BCUT2D eigenvalue weighted by Crippen LogP contribution is 2.39. The van der Waals surface area contributed by atoms with Gasteiger partial charge in [-0.25, -0.2) is 0 Å². The normalized spacial score (nSPS) is 17.5. The van der Waals surface area contributed by atoms with Crippen molar-refractivity contribution in [1.29, 1.82) is 0 Å². The highest BCUT2D eigenvalue weighted by atomic mass is 35.5. The maximum Gasteiger partial charge on any atom is 0.129 e. The summed E-state index contributed by atoms with van der Waals surface area (Å²) in [6, 6.07) is 5.62. The van der Waals surface area contributed by atoms with Crippen LogP contribution in [0.4, 0.5) is 0 Å². The third kappa shape index (κ3) is 1.95. The van der Waals surface area contributed by atoms with Gasteiger partial charge in [-0.1, -0.05) is 11.6 Å². The lowest BCUT2D eigenvalue weighted by molar-refractivity contribution is 0.158. The molecule has 0 spiro atoms. The Kier molecular flexibility index (Phi) is 2.39. The van der Waals surface area contributed by atoms with Gasteiger partial charge in [0.2, 0.25) is 0 Å². The summed E-state index contributed by atoms with van der Waals surface area (Å²) in [4.78, 5) is 0. The van der Waals surface area contributed by atoms with Crippen LogP contribution in [0.15, 0.2) is 24.3 Å². The van der Waals surface area contributed by atoms with E-state index in [-0.39, 0.29) is 5.60 Å². The van der Waals surface area contributed by atoms with E-state index in [1.54, 1.807) is 7.11 Å². The molecule has 0 aromatic heterocycles. The second-order valence-electron chi connectivity index (χ2n) is 4.06. The molecule has 2 nitrogen and oxygen atoms in total. The molecule has 2 rings (SSSR count). The maximum atomic E-state index is 6.19. The molecule has 3 heteroatoms. The summed E-state index contributed by atoms with van der Waals surface area (Å²) in [6.07, 6.45) is 1.90. The van der Waals surface area contributed by atoms with Gasteiger partial charge in [0.1, 0.15) is 17.1 Å². The minimum absolute atomic E-state index is 0.349. The Morgan fingerprint density at radius 2 is 2.07 bits per heavy atom.